The number of aromatic nitrogens is 2. The molecule has 12 heteroatoms. The molecule has 1 aromatic heterocycles. The summed E-state index contributed by atoms with van der Waals surface area (Å²) in [4.78, 5) is 36.2. The third kappa shape index (κ3) is 5.29. The summed E-state index contributed by atoms with van der Waals surface area (Å²) in [6.07, 6.45) is -4.73. The molecular formula is C18H19ClF3N5O3. The zero-order chi connectivity index (χ0) is 22.8. The van der Waals surface area contributed by atoms with E-state index in [1.165, 1.54) is 19.1 Å². The van der Waals surface area contributed by atoms with E-state index in [1.54, 1.807) is 20.8 Å². The lowest BCUT2D eigenvalue weighted by Gasteiger charge is -2.16. The molecule has 8 nitrogen and oxygen atoms in total. The molecule has 0 atom stereocenters. The number of hydrogen-bond acceptors (Lipinski definition) is 4. The number of carbonyl (C=O) groups excluding carboxylic acids is 3. The Labute approximate surface area is 174 Å². The highest BCUT2D eigenvalue weighted by Gasteiger charge is 2.36. The number of alkyl halides is 3. The van der Waals surface area contributed by atoms with Crippen LogP contribution < -0.4 is 16.2 Å². The Morgan fingerprint density at radius 3 is 2.27 bits per heavy atom. The van der Waals surface area contributed by atoms with Crippen molar-refractivity contribution in [1.29, 1.82) is 0 Å². The monoisotopic (exact) mass is 445 g/mol. The number of hydrogen-bond donors (Lipinski definition) is 3. The van der Waals surface area contributed by atoms with Crippen LogP contribution in [0.25, 0.3) is 0 Å². The smallest absolute Gasteiger partial charge is 0.320 e. The summed E-state index contributed by atoms with van der Waals surface area (Å²) in [6, 6.07) is 2.82. The van der Waals surface area contributed by atoms with Crippen molar-refractivity contribution in [2.24, 2.45) is 0 Å². The van der Waals surface area contributed by atoms with Gasteiger partial charge < -0.3 is 5.32 Å². The van der Waals surface area contributed by atoms with Gasteiger partial charge in [0.1, 0.15) is 5.69 Å². The van der Waals surface area contributed by atoms with Crippen molar-refractivity contribution < 1.29 is 27.6 Å². The van der Waals surface area contributed by atoms with E-state index in [0.29, 0.717) is 11.6 Å². The molecule has 30 heavy (non-hydrogen) atoms. The third-order valence-corrected chi connectivity index (χ3v) is 4.10. The first-order chi connectivity index (χ1) is 13.8. The van der Waals surface area contributed by atoms with Gasteiger partial charge in [-0.1, -0.05) is 11.6 Å². The Morgan fingerprint density at radius 1 is 1.10 bits per heavy atom. The fraction of sp³-hybridized carbons (Fsp3) is 0.333. The number of amides is 3. The summed E-state index contributed by atoms with van der Waals surface area (Å²) in [5.41, 5.74) is 3.03. The first-order valence-electron chi connectivity index (χ1n) is 8.66. The van der Waals surface area contributed by atoms with Gasteiger partial charge in [-0.2, -0.15) is 18.3 Å². The third-order valence-electron chi connectivity index (χ3n) is 3.88. The van der Waals surface area contributed by atoms with Crippen LogP contribution in [-0.2, 0) is 11.0 Å². The van der Waals surface area contributed by atoms with Gasteiger partial charge in [-0.25, -0.2) is 0 Å². The number of nitrogens with zero attached hydrogens (tertiary/aromatic N) is 2. The molecule has 1 heterocycles. The highest BCUT2D eigenvalue weighted by Crippen LogP contribution is 2.31. The summed E-state index contributed by atoms with van der Waals surface area (Å²) in [5.74, 6) is -2.21. The molecule has 2 rings (SSSR count). The lowest BCUT2D eigenvalue weighted by atomic mass is 10.1. The van der Waals surface area contributed by atoms with E-state index in [9.17, 15) is 27.6 Å². The van der Waals surface area contributed by atoms with Gasteiger partial charge in [0.2, 0.25) is 5.91 Å². The quantitative estimate of drug-likeness (QED) is 0.626. The van der Waals surface area contributed by atoms with Gasteiger partial charge in [0.05, 0.1) is 11.3 Å². The van der Waals surface area contributed by atoms with Gasteiger partial charge in [-0.05, 0) is 38.5 Å². The number of nitrogens with one attached hydrogen (secondary N) is 3. The molecule has 0 spiro atoms. The van der Waals surface area contributed by atoms with E-state index < -0.39 is 35.6 Å². The maximum Gasteiger partial charge on any atom is 0.435 e. The molecule has 162 valence electrons. The Hall–Kier alpha value is -3.08. The zero-order valence-electron chi connectivity index (χ0n) is 16.4. The number of carbonyl (C=O) groups is 3. The number of aryl methyl sites for hydroxylation is 1. The highest BCUT2D eigenvalue weighted by atomic mass is 35.5. The molecule has 0 unspecified atom stereocenters. The van der Waals surface area contributed by atoms with Crippen molar-refractivity contribution in [1.82, 2.24) is 20.6 Å². The summed E-state index contributed by atoms with van der Waals surface area (Å²) >= 11 is 5.98. The van der Waals surface area contributed by atoms with Crippen LogP contribution in [-0.4, -0.2) is 27.5 Å². The van der Waals surface area contributed by atoms with Crippen molar-refractivity contribution in [3.8, 4) is 0 Å². The Morgan fingerprint density at radius 2 is 1.73 bits per heavy atom. The molecule has 0 saturated carbocycles. The standard InChI is InChI=1S/C18H19ClF3N5O3/c1-8(2)27-13(7-14(26-27)18(20,21)22)17(30)23-15-9(3)5-11(19)6-12(15)16(29)25-24-10(4)28/h5-8H,1-4H3,(H,23,30)(H,24,28)(H,25,29). The summed E-state index contributed by atoms with van der Waals surface area (Å²) in [6.45, 7) is 5.88. The topological polar surface area (TPSA) is 105 Å². The minimum absolute atomic E-state index is 0.0253. The number of benzene rings is 1. The average molecular weight is 446 g/mol. The molecule has 0 aliphatic rings. The van der Waals surface area contributed by atoms with E-state index in [2.05, 4.69) is 21.3 Å². The predicted octanol–water partition coefficient (Wildman–Crippen LogP) is 3.48. The van der Waals surface area contributed by atoms with E-state index in [0.717, 1.165) is 4.68 Å². The second kappa shape index (κ2) is 8.74. The van der Waals surface area contributed by atoms with Crippen LogP contribution >= 0.6 is 11.6 Å². The van der Waals surface area contributed by atoms with E-state index in [1.807, 2.05) is 0 Å². The van der Waals surface area contributed by atoms with E-state index in [4.69, 9.17) is 11.6 Å². The first kappa shape index (κ1) is 23.2. The Kier molecular flexibility index (Phi) is 6.76. The lowest BCUT2D eigenvalue weighted by Crippen LogP contribution is -2.40. The van der Waals surface area contributed by atoms with Crippen molar-refractivity contribution in [3.63, 3.8) is 0 Å². The SMILES string of the molecule is CC(=O)NNC(=O)c1cc(Cl)cc(C)c1NC(=O)c1cc(C(F)(F)F)nn1C(C)C. The second-order valence-electron chi connectivity index (χ2n) is 6.69. The minimum Gasteiger partial charge on any atom is -0.320 e. The summed E-state index contributed by atoms with van der Waals surface area (Å²) in [5, 5.41) is 6.11. The molecule has 3 N–H and O–H groups in total. The van der Waals surface area contributed by atoms with E-state index in [-0.39, 0.29) is 22.0 Å². The first-order valence-corrected chi connectivity index (χ1v) is 9.04. The van der Waals surface area contributed by atoms with Crippen LogP contribution in [0.4, 0.5) is 18.9 Å². The van der Waals surface area contributed by atoms with Crippen LogP contribution in [0.2, 0.25) is 5.02 Å². The highest BCUT2D eigenvalue weighted by molar-refractivity contribution is 6.31. The average Bonchev–Trinajstić information content (AvgIpc) is 3.07. The number of hydrazine groups is 1. The minimum atomic E-state index is -4.73. The maximum atomic E-state index is 13.1. The molecule has 0 bridgehead atoms. The molecule has 0 radical (unpaired) electrons. The fourth-order valence-electron chi connectivity index (χ4n) is 2.57. The largest absolute Gasteiger partial charge is 0.435 e. The van der Waals surface area contributed by atoms with Crippen molar-refractivity contribution in [3.05, 3.63) is 45.7 Å². The summed E-state index contributed by atoms with van der Waals surface area (Å²) < 4.78 is 40.1. The number of anilines is 1. The molecule has 0 aliphatic heterocycles. The second-order valence-corrected chi connectivity index (χ2v) is 7.12. The van der Waals surface area contributed by atoms with Gasteiger partial charge in [0.15, 0.2) is 5.69 Å². The maximum absolute atomic E-state index is 13.1. The van der Waals surface area contributed by atoms with Crippen molar-refractivity contribution in [2.45, 2.75) is 39.9 Å². The lowest BCUT2D eigenvalue weighted by molar-refractivity contribution is -0.141. The fourth-order valence-corrected chi connectivity index (χ4v) is 2.85. The van der Waals surface area contributed by atoms with Crippen LogP contribution in [0, 0.1) is 6.92 Å². The number of rotatable bonds is 4. The van der Waals surface area contributed by atoms with Crippen molar-refractivity contribution in [2.75, 3.05) is 5.32 Å². The number of halogens is 4. The molecule has 0 saturated heterocycles. The molecule has 2 aromatic rings. The van der Waals surface area contributed by atoms with Crippen molar-refractivity contribution >= 4 is 35.0 Å². The van der Waals surface area contributed by atoms with Crippen LogP contribution in [0.5, 0.6) is 0 Å². The van der Waals surface area contributed by atoms with E-state index >= 15 is 0 Å². The van der Waals surface area contributed by atoms with Gasteiger partial charge >= 0.3 is 6.18 Å². The predicted molar refractivity (Wildman–Crippen MR) is 103 cm³/mol. The molecule has 0 fully saturated rings. The van der Waals surface area contributed by atoms with Gasteiger partial charge in [-0.3, -0.25) is 29.9 Å². The van der Waals surface area contributed by atoms with Crippen LogP contribution in [0.3, 0.4) is 0 Å². The Bertz CT molecular complexity index is 1000. The Balaban J connectivity index is 2.45. The van der Waals surface area contributed by atoms with Crippen LogP contribution in [0.1, 0.15) is 58.9 Å². The van der Waals surface area contributed by atoms with Gasteiger partial charge in [0, 0.05) is 24.1 Å². The molecular weight excluding hydrogens is 427 g/mol. The normalized spacial score (nSPS) is 11.4. The molecule has 1 aromatic carbocycles. The zero-order valence-corrected chi connectivity index (χ0v) is 17.2. The van der Waals surface area contributed by atoms with Gasteiger partial charge in [0.25, 0.3) is 11.8 Å². The van der Waals surface area contributed by atoms with Crippen LogP contribution in [0.15, 0.2) is 18.2 Å². The molecule has 0 aliphatic carbocycles. The summed E-state index contributed by atoms with van der Waals surface area (Å²) in [7, 11) is 0. The molecule has 3 amide bonds. The van der Waals surface area contributed by atoms with Gasteiger partial charge in [-0.15, -0.1) is 0 Å².